The number of fused-ring (bicyclic) bond motifs is 2. The summed E-state index contributed by atoms with van der Waals surface area (Å²) in [5.74, 6) is -8.29. The van der Waals surface area contributed by atoms with Gasteiger partial charge in [0.15, 0.2) is 11.6 Å². The van der Waals surface area contributed by atoms with Gasteiger partial charge in [-0.1, -0.05) is 18.9 Å². The lowest BCUT2D eigenvalue weighted by Gasteiger charge is -2.35. The van der Waals surface area contributed by atoms with Gasteiger partial charge in [0.1, 0.15) is 30.0 Å². The third-order valence-electron chi connectivity index (χ3n) is 9.58. The molecule has 3 aliphatic heterocycles. The number of sulfone groups is 1. The number of allylic oxidation sites excluding steroid dienone is 4. The highest BCUT2D eigenvalue weighted by molar-refractivity contribution is 7.95. The predicted octanol–water partition coefficient (Wildman–Crippen LogP) is 5.47. The van der Waals surface area contributed by atoms with Crippen molar-refractivity contribution in [1.82, 2.24) is 5.32 Å². The molecule has 0 aromatic heterocycles. The van der Waals surface area contributed by atoms with E-state index in [4.69, 9.17) is 21.1 Å². The molecule has 0 saturated carbocycles. The van der Waals surface area contributed by atoms with E-state index in [1.165, 1.54) is 24.3 Å². The van der Waals surface area contributed by atoms with Gasteiger partial charge in [-0.2, -0.15) is 0 Å². The number of anilines is 1. The van der Waals surface area contributed by atoms with E-state index in [0.717, 1.165) is 38.5 Å². The summed E-state index contributed by atoms with van der Waals surface area (Å²) in [6.07, 6.45) is 10.1. The van der Waals surface area contributed by atoms with E-state index < -0.39 is 55.9 Å². The van der Waals surface area contributed by atoms with Crippen molar-refractivity contribution in [3.63, 3.8) is 0 Å². The maximum atomic E-state index is 16.8. The molecule has 2 aromatic carbocycles. The van der Waals surface area contributed by atoms with Crippen LogP contribution >= 0.6 is 11.6 Å². The number of amides is 1. The molecule has 10 nitrogen and oxygen atoms in total. The van der Waals surface area contributed by atoms with E-state index in [2.05, 4.69) is 5.32 Å². The summed E-state index contributed by atoms with van der Waals surface area (Å²) < 4.78 is 89.4. The maximum Gasteiger partial charge on any atom is 0.339 e. The third kappa shape index (κ3) is 7.43. The first-order valence-electron chi connectivity index (χ1n) is 17.4. The monoisotopic (exact) mass is 762 g/mol. The molecule has 1 aliphatic carbocycles. The van der Waals surface area contributed by atoms with Crippen LogP contribution in [0.1, 0.15) is 70.4 Å². The largest absolute Gasteiger partial charge is 0.478 e. The lowest BCUT2D eigenvalue weighted by Crippen LogP contribution is -2.37. The first-order valence-corrected chi connectivity index (χ1v) is 19.4. The normalized spacial score (nSPS) is 17.3. The molecule has 0 spiro atoms. The molecule has 2 fully saturated rings. The van der Waals surface area contributed by atoms with Gasteiger partial charge in [0.2, 0.25) is 15.5 Å². The fourth-order valence-electron chi connectivity index (χ4n) is 6.55. The number of carboxylic acids is 1. The first-order chi connectivity index (χ1) is 25.1. The number of benzene rings is 2. The van der Waals surface area contributed by atoms with Crippen molar-refractivity contribution in [2.45, 2.75) is 43.4 Å². The van der Waals surface area contributed by atoms with E-state index in [0.29, 0.717) is 56.7 Å². The quantitative estimate of drug-likeness (QED) is 0.0999. The lowest BCUT2D eigenvalue weighted by atomic mass is 9.85. The Morgan fingerprint density at radius 2 is 1.62 bits per heavy atom. The van der Waals surface area contributed by atoms with Gasteiger partial charge in [-0.15, -0.1) is 11.6 Å². The van der Waals surface area contributed by atoms with Gasteiger partial charge in [-0.3, -0.25) is 4.79 Å². The SMILES string of the molecule is O=C(NCCOCCOCCCCCCCl)c1c(F)c(F)c(C(=O)O)c(C2=C3C=CC(=[N+]4CCC4)C=C3S(=O)(=O)c3cc(N4CCC4)ccc32)c1F. The van der Waals surface area contributed by atoms with Crippen LogP contribution in [0.2, 0.25) is 0 Å². The molecule has 0 unspecified atom stereocenters. The van der Waals surface area contributed by atoms with Crippen LogP contribution in [0.5, 0.6) is 0 Å². The molecule has 278 valence electrons. The zero-order chi connectivity index (χ0) is 37.0. The number of carboxylic acid groups (broad SMARTS) is 1. The topological polar surface area (TPSA) is 125 Å². The van der Waals surface area contributed by atoms with E-state index >= 15 is 13.2 Å². The Hall–Kier alpha value is -3.98. The molecular formula is C37H40ClF3N3O7S+. The molecule has 0 radical (unpaired) electrons. The minimum absolute atomic E-state index is 0.0503. The number of hydrogen-bond acceptors (Lipinski definition) is 7. The number of hydrogen-bond donors (Lipinski definition) is 2. The Morgan fingerprint density at radius 3 is 2.27 bits per heavy atom. The van der Waals surface area contributed by atoms with Crippen LogP contribution in [0.3, 0.4) is 0 Å². The number of aromatic carboxylic acids is 1. The minimum atomic E-state index is -4.26. The summed E-state index contributed by atoms with van der Waals surface area (Å²) in [6, 6.07) is 4.47. The molecule has 0 bridgehead atoms. The zero-order valence-electron chi connectivity index (χ0n) is 28.5. The van der Waals surface area contributed by atoms with E-state index in [1.807, 2.05) is 9.48 Å². The molecule has 52 heavy (non-hydrogen) atoms. The van der Waals surface area contributed by atoms with Crippen LogP contribution in [0.25, 0.3) is 5.57 Å². The van der Waals surface area contributed by atoms with Gasteiger partial charge >= 0.3 is 5.97 Å². The van der Waals surface area contributed by atoms with Crippen LogP contribution in [-0.2, 0) is 19.3 Å². The molecule has 15 heteroatoms. The average molecular weight is 763 g/mol. The van der Waals surface area contributed by atoms with Crippen LogP contribution < -0.4 is 10.2 Å². The van der Waals surface area contributed by atoms with Crippen molar-refractivity contribution in [2.75, 3.05) is 69.9 Å². The molecule has 1 amide bonds. The maximum absolute atomic E-state index is 16.8. The van der Waals surface area contributed by atoms with Crippen molar-refractivity contribution >= 4 is 50.3 Å². The van der Waals surface area contributed by atoms with Crippen LogP contribution in [-0.4, -0.2) is 101 Å². The Labute approximate surface area is 305 Å². The van der Waals surface area contributed by atoms with Crippen molar-refractivity contribution in [3.05, 3.63) is 86.6 Å². The van der Waals surface area contributed by atoms with Crippen LogP contribution in [0, 0.1) is 17.5 Å². The summed E-state index contributed by atoms with van der Waals surface area (Å²) in [6.45, 7) is 3.58. The molecule has 0 atom stereocenters. The fourth-order valence-corrected chi connectivity index (χ4v) is 8.45. The summed E-state index contributed by atoms with van der Waals surface area (Å²) in [4.78, 5) is 27.3. The van der Waals surface area contributed by atoms with Crippen LogP contribution in [0.4, 0.5) is 18.9 Å². The van der Waals surface area contributed by atoms with E-state index in [-0.39, 0.29) is 46.3 Å². The highest BCUT2D eigenvalue weighted by Gasteiger charge is 2.42. The number of alkyl halides is 1. The second-order valence-electron chi connectivity index (χ2n) is 12.9. The number of halogens is 4. The van der Waals surface area contributed by atoms with Gasteiger partial charge in [-0.25, -0.2) is 31.0 Å². The van der Waals surface area contributed by atoms with Crippen molar-refractivity contribution in [1.29, 1.82) is 0 Å². The molecule has 4 aliphatic rings. The summed E-state index contributed by atoms with van der Waals surface area (Å²) in [5.41, 5.74) is -2.94. The minimum Gasteiger partial charge on any atom is -0.478 e. The number of rotatable bonds is 16. The molecule has 6 rings (SSSR count). The van der Waals surface area contributed by atoms with E-state index in [1.54, 1.807) is 12.1 Å². The number of carbonyl (C=O) groups excluding carboxylic acids is 1. The third-order valence-corrected chi connectivity index (χ3v) is 11.7. The molecular weight excluding hydrogens is 723 g/mol. The fraction of sp³-hybridized carbons (Fsp3) is 0.432. The summed E-state index contributed by atoms with van der Waals surface area (Å²) >= 11 is 5.66. The number of unbranched alkanes of at least 4 members (excludes halogenated alkanes) is 3. The van der Waals surface area contributed by atoms with Crippen LogP contribution in [0.15, 0.2) is 51.8 Å². The Morgan fingerprint density at radius 1 is 0.904 bits per heavy atom. The Bertz CT molecular complexity index is 2000. The van der Waals surface area contributed by atoms with E-state index in [9.17, 15) is 23.1 Å². The lowest BCUT2D eigenvalue weighted by molar-refractivity contribution is -0.582. The standard InChI is InChI=1S/C37H39ClF3N3O7S/c38-11-3-1-2-4-17-50-19-20-51-18-12-42-36(45)32-33(39)30(31(37(46)47)34(40)35(32)41)29-25-9-7-23(43-13-5-14-43)21-27(25)52(48,49)28-22-24(8-10-26(28)29)44-15-6-16-44/h7-10,21-22H,1-6,11-20H2,(H-,42,45,46,47)/p+1. The van der Waals surface area contributed by atoms with Crippen molar-refractivity contribution in [3.8, 4) is 0 Å². The molecule has 2 N–H and O–H groups in total. The second kappa shape index (κ2) is 16.4. The molecule has 3 heterocycles. The second-order valence-corrected chi connectivity index (χ2v) is 15.1. The zero-order valence-corrected chi connectivity index (χ0v) is 30.1. The van der Waals surface area contributed by atoms with Gasteiger partial charge in [-0.05, 0) is 37.5 Å². The Balaban J connectivity index is 1.33. The van der Waals surface area contributed by atoms with Crippen molar-refractivity contribution < 1.29 is 50.3 Å². The first kappa shape index (κ1) is 37.8. The van der Waals surface area contributed by atoms with Gasteiger partial charge < -0.3 is 24.8 Å². The number of ether oxygens (including phenoxy) is 2. The molecule has 2 aromatic rings. The van der Waals surface area contributed by atoms with Gasteiger partial charge in [0, 0.05) is 72.2 Å². The average Bonchev–Trinajstić information content (AvgIpc) is 3.06. The highest BCUT2D eigenvalue weighted by atomic mass is 35.5. The van der Waals surface area contributed by atoms with Crippen molar-refractivity contribution in [2.24, 2.45) is 0 Å². The Kier molecular flexibility index (Phi) is 11.9. The number of nitrogens with zero attached hydrogens (tertiary/aromatic N) is 2. The predicted molar refractivity (Wildman–Crippen MR) is 190 cm³/mol. The number of nitrogens with one attached hydrogen (secondary N) is 1. The number of carbonyl (C=O) groups is 2. The summed E-state index contributed by atoms with van der Waals surface area (Å²) in [7, 11) is -4.26. The highest BCUT2D eigenvalue weighted by Crippen LogP contribution is 2.48. The smallest absolute Gasteiger partial charge is 0.339 e. The summed E-state index contributed by atoms with van der Waals surface area (Å²) in [5, 5.41) is 12.5. The van der Waals surface area contributed by atoms with Gasteiger partial charge in [0.25, 0.3) is 5.91 Å². The molecule has 2 saturated heterocycles. The van der Waals surface area contributed by atoms with Gasteiger partial charge in [0.05, 0.1) is 36.0 Å².